The van der Waals surface area contributed by atoms with E-state index in [1.165, 1.54) is 16.3 Å². The summed E-state index contributed by atoms with van der Waals surface area (Å²) in [6.45, 7) is 4.57. The minimum Gasteiger partial charge on any atom is -0.402 e. The van der Waals surface area contributed by atoms with Crippen LogP contribution < -0.4 is 5.19 Å². The minimum absolute atomic E-state index is 0.138. The van der Waals surface area contributed by atoms with Crippen molar-refractivity contribution in [2.45, 2.75) is 25.6 Å². The smallest absolute Gasteiger partial charge is 0.222 e. The van der Waals surface area contributed by atoms with Gasteiger partial charge in [-0.1, -0.05) is 61.5 Å². The number of benzene rings is 2. The summed E-state index contributed by atoms with van der Waals surface area (Å²) in [5, 5.41) is 1.47. The second kappa shape index (κ2) is 4.37. The Morgan fingerprint density at radius 1 is 1.00 bits per heavy atom. The number of hydrogen-bond acceptors (Lipinski definition) is 1. The molecule has 0 fully saturated rings. The van der Waals surface area contributed by atoms with Gasteiger partial charge in [-0.15, -0.1) is 0 Å². The molecule has 1 aliphatic rings. The van der Waals surface area contributed by atoms with Crippen LogP contribution in [0.1, 0.15) is 24.2 Å². The van der Waals surface area contributed by atoms with E-state index in [4.69, 9.17) is 4.43 Å². The fourth-order valence-corrected chi connectivity index (χ4v) is 5.48. The lowest BCUT2D eigenvalue weighted by Crippen LogP contribution is -2.42. The van der Waals surface area contributed by atoms with E-state index >= 15 is 0 Å². The summed E-state index contributed by atoms with van der Waals surface area (Å²) in [6, 6.07) is 20.4. The van der Waals surface area contributed by atoms with Crippen molar-refractivity contribution in [1.29, 1.82) is 0 Å². The van der Waals surface area contributed by atoms with E-state index in [0.29, 0.717) is 0 Å². The quantitative estimate of drug-likeness (QED) is 0.744. The maximum atomic E-state index is 6.49. The Balaban J connectivity index is 2.11. The first-order chi connectivity index (χ1) is 8.74. The van der Waals surface area contributed by atoms with Gasteiger partial charge in [0.1, 0.15) is 0 Å². The van der Waals surface area contributed by atoms with E-state index in [9.17, 15) is 0 Å². The third-order valence-electron chi connectivity index (χ3n) is 3.97. The molecular weight excluding hydrogens is 236 g/mol. The second-order valence-electron chi connectivity index (χ2n) is 5.08. The summed E-state index contributed by atoms with van der Waals surface area (Å²) in [5.74, 6) is 0. The van der Waals surface area contributed by atoms with Gasteiger partial charge < -0.3 is 4.43 Å². The highest BCUT2D eigenvalue weighted by atomic mass is 28.4. The van der Waals surface area contributed by atoms with Crippen molar-refractivity contribution >= 4 is 13.5 Å². The molecule has 2 aromatic carbocycles. The van der Waals surface area contributed by atoms with Gasteiger partial charge in [0, 0.05) is 0 Å². The summed E-state index contributed by atoms with van der Waals surface area (Å²) >= 11 is 0. The molecule has 0 saturated carbocycles. The van der Waals surface area contributed by atoms with Crippen LogP contribution >= 0.6 is 0 Å². The van der Waals surface area contributed by atoms with E-state index in [1.807, 2.05) is 0 Å². The van der Waals surface area contributed by atoms with Crippen LogP contribution in [0.15, 0.2) is 54.6 Å². The predicted octanol–water partition coefficient (Wildman–Crippen LogP) is 3.61. The van der Waals surface area contributed by atoms with E-state index in [2.05, 4.69) is 68.1 Å². The number of rotatable bonds is 2. The molecule has 0 aliphatic carbocycles. The largest absolute Gasteiger partial charge is 0.402 e. The van der Waals surface area contributed by atoms with Gasteiger partial charge in [0.2, 0.25) is 8.32 Å². The van der Waals surface area contributed by atoms with Crippen molar-refractivity contribution < 1.29 is 4.43 Å². The topological polar surface area (TPSA) is 9.23 Å². The normalized spacial score (nSPS) is 26.0. The highest BCUT2D eigenvalue weighted by Crippen LogP contribution is 2.36. The van der Waals surface area contributed by atoms with Crippen LogP contribution in [0.2, 0.25) is 12.6 Å². The summed E-state index contributed by atoms with van der Waals surface area (Å²) < 4.78 is 6.49. The summed E-state index contributed by atoms with van der Waals surface area (Å²) in [7, 11) is -1.73. The summed E-state index contributed by atoms with van der Waals surface area (Å²) in [6.07, 6.45) is 0.138. The van der Waals surface area contributed by atoms with E-state index in [-0.39, 0.29) is 6.10 Å². The molecule has 3 rings (SSSR count). The van der Waals surface area contributed by atoms with Gasteiger partial charge in [-0.05, 0) is 28.9 Å². The van der Waals surface area contributed by atoms with Gasteiger partial charge in [-0.2, -0.15) is 0 Å². The van der Waals surface area contributed by atoms with Crippen molar-refractivity contribution in [1.82, 2.24) is 0 Å². The van der Waals surface area contributed by atoms with Crippen LogP contribution in [0.4, 0.5) is 0 Å². The Labute approximate surface area is 110 Å². The van der Waals surface area contributed by atoms with Crippen LogP contribution in [0.25, 0.3) is 0 Å². The zero-order chi connectivity index (χ0) is 12.6. The molecule has 0 spiro atoms. The molecule has 0 radical (unpaired) electrons. The molecule has 1 aliphatic heterocycles. The van der Waals surface area contributed by atoms with Gasteiger partial charge in [0.25, 0.3) is 0 Å². The average Bonchev–Trinajstić information content (AvgIpc) is 2.75. The first-order valence-electron chi connectivity index (χ1n) is 6.57. The monoisotopic (exact) mass is 254 g/mol. The lowest BCUT2D eigenvalue weighted by atomic mass is 10.0. The van der Waals surface area contributed by atoms with E-state index in [0.717, 1.165) is 6.04 Å². The Hall–Kier alpha value is -1.38. The molecule has 92 valence electrons. The van der Waals surface area contributed by atoms with Crippen molar-refractivity contribution in [3.8, 4) is 0 Å². The van der Waals surface area contributed by atoms with Gasteiger partial charge in [0.15, 0.2) is 0 Å². The third-order valence-corrected chi connectivity index (χ3v) is 7.67. The van der Waals surface area contributed by atoms with Crippen LogP contribution in [0.5, 0.6) is 0 Å². The first kappa shape index (κ1) is 11.7. The standard InChI is InChI=1S/C16H18OSi/c1-3-18(2)15-12-8-7-11-14(15)16(17-18)13-9-5-4-6-10-13/h4-12,16H,3H2,1-2H3. The van der Waals surface area contributed by atoms with Gasteiger partial charge >= 0.3 is 0 Å². The predicted molar refractivity (Wildman–Crippen MR) is 77.5 cm³/mol. The average molecular weight is 254 g/mol. The molecule has 0 bridgehead atoms. The van der Waals surface area contributed by atoms with Crippen molar-refractivity contribution in [2.75, 3.05) is 0 Å². The Morgan fingerprint density at radius 2 is 1.67 bits per heavy atom. The van der Waals surface area contributed by atoms with Gasteiger partial charge in [-0.25, -0.2) is 0 Å². The highest BCUT2D eigenvalue weighted by molar-refractivity contribution is 6.86. The molecule has 0 aromatic heterocycles. The molecule has 2 unspecified atom stereocenters. The molecule has 2 atom stereocenters. The SMILES string of the molecule is CC[Si]1(C)OC(c2ccccc2)c2ccccc21. The molecule has 1 nitrogen and oxygen atoms in total. The van der Waals surface area contributed by atoms with Crippen LogP contribution in [-0.2, 0) is 4.43 Å². The molecule has 2 aromatic rings. The lowest BCUT2D eigenvalue weighted by Gasteiger charge is -2.21. The Morgan fingerprint density at radius 3 is 2.39 bits per heavy atom. The molecule has 0 N–H and O–H groups in total. The van der Waals surface area contributed by atoms with Gasteiger partial charge in [-0.3, -0.25) is 0 Å². The second-order valence-corrected chi connectivity index (χ2v) is 9.02. The summed E-state index contributed by atoms with van der Waals surface area (Å²) in [4.78, 5) is 0. The lowest BCUT2D eigenvalue weighted by molar-refractivity contribution is 0.256. The maximum absolute atomic E-state index is 6.49. The van der Waals surface area contributed by atoms with E-state index < -0.39 is 8.32 Å². The van der Waals surface area contributed by atoms with Crippen LogP contribution in [0, 0.1) is 0 Å². The maximum Gasteiger partial charge on any atom is 0.222 e. The first-order valence-corrected chi connectivity index (χ1v) is 9.18. The molecule has 0 saturated heterocycles. The molecule has 0 amide bonds. The molecule has 18 heavy (non-hydrogen) atoms. The third kappa shape index (κ3) is 1.73. The van der Waals surface area contributed by atoms with Crippen molar-refractivity contribution in [2.24, 2.45) is 0 Å². The van der Waals surface area contributed by atoms with Gasteiger partial charge in [0.05, 0.1) is 6.10 Å². The van der Waals surface area contributed by atoms with Crippen LogP contribution in [0.3, 0.4) is 0 Å². The Bertz CT molecular complexity index is 552. The molecular formula is C16H18OSi. The number of fused-ring (bicyclic) bond motifs is 1. The minimum atomic E-state index is -1.73. The van der Waals surface area contributed by atoms with Crippen molar-refractivity contribution in [3.63, 3.8) is 0 Å². The Kier molecular flexibility index (Phi) is 2.84. The fourth-order valence-electron chi connectivity index (χ4n) is 2.74. The van der Waals surface area contributed by atoms with E-state index in [1.54, 1.807) is 0 Å². The summed E-state index contributed by atoms with van der Waals surface area (Å²) in [5.41, 5.74) is 2.65. The fraction of sp³-hybridized carbons (Fsp3) is 0.250. The zero-order valence-corrected chi connectivity index (χ0v) is 11.9. The molecule has 2 heteroatoms. The van der Waals surface area contributed by atoms with Crippen LogP contribution in [-0.4, -0.2) is 8.32 Å². The zero-order valence-electron chi connectivity index (χ0n) is 10.9. The highest BCUT2D eigenvalue weighted by Gasteiger charge is 2.42. The van der Waals surface area contributed by atoms with Crippen molar-refractivity contribution in [3.05, 3.63) is 65.7 Å². The number of hydrogen-bond donors (Lipinski definition) is 0. The molecule has 1 heterocycles.